The molecule has 0 aliphatic carbocycles. The molecule has 6 heteroatoms. The minimum Gasteiger partial charge on any atom is -0.494 e. The van der Waals surface area contributed by atoms with Crippen LogP contribution in [0, 0.1) is 0 Å². The zero-order valence-electron chi connectivity index (χ0n) is 15.3. The zero-order chi connectivity index (χ0) is 19.1. The molecule has 2 aromatic carbocycles. The Hall–Kier alpha value is -2.86. The van der Waals surface area contributed by atoms with Crippen molar-refractivity contribution in [3.8, 4) is 11.5 Å². The molecule has 1 atom stereocenters. The molecule has 140 valence electrons. The number of hydrogen-bond acceptors (Lipinski definition) is 5. The number of hydrogen-bond donors (Lipinski definition) is 1. The van der Waals surface area contributed by atoms with Crippen molar-refractivity contribution in [3.05, 3.63) is 76.2 Å². The second-order valence-electron chi connectivity index (χ2n) is 5.99. The first-order valence-electron chi connectivity index (χ1n) is 8.79. The monoisotopic (exact) mass is 382 g/mol. The summed E-state index contributed by atoms with van der Waals surface area (Å²) in [5.41, 5.74) is 4.22. The summed E-state index contributed by atoms with van der Waals surface area (Å²) in [4.78, 5) is 16.8. The second kappa shape index (κ2) is 9.19. The summed E-state index contributed by atoms with van der Waals surface area (Å²) in [6.45, 7) is 4.92. The van der Waals surface area contributed by atoms with Gasteiger partial charge in [0.2, 0.25) is 0 Å². The van der Waals surface area contributed by atoms with E-state index in [1.54, 1.807) is 17.6 Å². The van der Waals surface area contributed by atoms with Gasteiger partial charge in [-0.25, -0.2) is 4.98 Å². The van der Waals surface area contributed by atoms with Crippen molar-refractivity contribution in [1.82, 2.24) is 10.3 Å². The van der Waals surface area contributed by atoms with Gasteiger partial charge in [0.25, 0.3) is 5.91 Å². The number of thiazole rings is 1. The minimum absolute atomic E-state index is 0.118. The molecule has 1 unspecified atom stereocenters. The molecule has 0 fully saturated rings. The molecule has 0 radical (unpaired) electrons. The van der Waals surface area contributed by atoms with Crippen molar-refractivity contribution in [2.45, 2.75) is 26.5 Å². The van der Waals surface area contributed by atoms with E-state index >= 15 is 0 Å². The van der Waals surface area contributed by atoms with Crippen LogP contribution in [0.15, 0.2) is 59.4 Å². The van der Waals surface area contributed by atoms with Crippen LogP contribution in [0.5, 0.6) is 11.5 Å². The summed E-state index contributed by atoms with van der Waals surface area (Å²) in [7, 11) is 0. The van der Waals surface area contributed by atoms with Crippen LogP contribution in [-0.2, 0) is 6.61 Å². The Kier molecular flexibility index (Phi) is 6.44. The highest BCUT2D eigenvalue weighted by Gasteiger charge is 2.12. The highest BCUT2D eigenvalue weighted by molar-refractivity contribution is 7.07. The van der Waals surface area contributed by atoms with Gasteiger partial charge in [-0.2, -0.15) is 0 Å². The van der Waals surface area contributed by atoms with Crippen molar-refractivity contribution in [1.29, 1.82) is 0 Å². The van der Waals surface area contributed by atoms with E-state index in [1.807, 2.05) is 55.6 Å². The lowest BCUT2D eigenvalue weighted by Crippen LogP contribution is -2.26. The number of nitrogens with one attached hydrogen (secondary N) is 1. The Balaban J connectivity index is 1.60. The van der Waals surface area contributed by atoms with Crippen molar-refractivity contribution in [3.63, 3.8) is 0 Å². The average molecular weight is 382 g/mol. The van der Waals surface area contributed by atoms with Crippen molar-refractivity contribution >= 4 is 17.2 Å². The summed E-state index contributed by atoms with van der Waals surface area (Å²) in [5.74, 6) is 1.32. The summed E-state index contributed by atoms with van der Waals surface area (Å²) in [5, 5.41) is 4.95. The van der Waals surface area contributed by atoms with Gasteiger partial charge in [0.05, 0.1) is 23.9 Å². The first-order chi connectivity index (χ1) is 13.2. The minimum atomic E-state index is -0.143. The summed E-state index contributed by atoms with van der Waals surface area (Å²) in [6, 6.07) is 14.8. The van der Waals surface area contributed by atoms with Crippen LogP contribution in [0.4, 0.5) is 0 Å². The van der Waals surface area contributed by atoms with E-state index in [4.69, 9.17) is 9.47 Å². The molecular formula is C21H22N2O3S. The molecule has 0 saturated carbocycles. The van der Waals surface area contributed by atoms with Gasteiger partial charge in [-0.05, 0) is 49.7 Å². The Labute approximate surface area is 163 Å². The van der Waals surface area contributed by atoms with Crippen LogP contribution in [0.25, 0.3) is 0 Å². The van der Waals surface area contributed by atoms with E-state index in [-0.39, 0.29) is 11.9 Å². The van der Waals surface area contributed by atoms with Crippen molar-refractivity contribution in [2.75, 3.05) is 6.61 Å². The Morgan fingerprint density at radius 2 is 1.96 bits per heavy atom. The second-order valence-corrected chi connectivity index (χ2v) is 6.71. The number of ether oxygens (including phenoxy) is 2. The third-order valence-corrected chi connectivity index (χ3v) is 4.64. The van der Waals surface area contributed by atoms with Crippen LogP contribution in [0.2, 0.25) is 0 Å². The lowest BCUT2D eigenvalue weighted by Gasteiger charge is -2.15. The lowest BCUT2D eigenvalue weighted by molar-refractivity contribution is 0.0939. The highest BCUT2D eigenvalue weighted by Crippen LogP contribution is 2.19. The molecule has 5 nitrogen and oxygen atoms in total. The molecule has 1 aromatic heterocycles. The van der Waals surface area contributed by atoms with Crippen LogP contribution in [0.1, 0.15) is 41.5 Å². The van der Waals surface area contributed by atoms with Crippen molar-refractivity contribution < 1.29 is 14.3 Å². The summed E-state index contributed by atoms with van der Waals surface area (Å²) >= 11 is 1.53. The summed E-state index contributed by atoms with van der Waals surface area (Å²) in [6.07, 6.45) is 0. The van der Waals surface area contributed by atoms with E-state index in [0.717, 1.165) is 17.0 Å². The number of carbonyl (C=O) groups is 1. The summed E-state index contributed by atoms with van der Waals surface area (Å²) < 4.78 is 11.2. The lowest BCUT2D eigenvalue weighted by atomic mass is 10.1. The predicted octanol–water partition coefficient (Wildman–Crippen LogP) is 4.61. The third kappa shape index (κ3) is 5.31. The Bertz CT molecular complexity index is 863. The SMILES string of the molecule is CCOc1ccc(C(C)NC(=O)c2cccc(OCc3cscn3)c2)cc1. The first-order valence-corrected chi connectivity index (χ1v) is 9.73. The standard InChI is InChI=1S/C21H22N2O3S/c1-3-25-19-9-7-16(8-10-19)15(2)23-21(24)17-5-4-6-20(11-17)26-12-18-13-27-14-22-18/h4-11,13-15H,3,12H2,1-2H3,(H,23,24). The van der Waals surface area contributed by atoms with Crippen LogP contribution < -0.4 is 14.8 Å². The molecule has 3 rings (SSSR count). The fourth-order valence-corrected chi connectivity index (χ4v) is 3.12. The van der Waals surface area contributed by atoms with Gasteiger partial charge in [-0.15, -0.1) is 11.3 Å². The topological polar surface area (TPSA) is 60.5 Å². The molecule has 1 N–H and O–H groups in total. The van der Waals surface area contributed by atoms with E-state index in [9.17, 15) is 4.79 Å². The molecule has 27 heavy (non-hydrogen) atoms. The molecule has 0 spiro atoms. The van der Waals surface area contributed by atoms with Gasteiger partial charge in [0.1, 0.15) is 18.1 Å². The van der Waals surface area contributed by atoms with E-state index in [1.165, 1.54) is 11.3 Å². The van der Waals surface area contributed by atoms with Gasteiger partial charge in [-0.3, -0.25) is 4.79 Å². The fourth-order valence-electron chi connectivity index (χ4n) is 2.58. The Morgan fingerprint density at radius 1 is 1.15 bits per heavy atom. The molecule has 0 bridgehead atoms. The number of benzene rings is 2. The molecule has 0 aliphatic heterocycles. The predicted molar refractivity (Wildman–Crippen MR) is 106 cm³/mol. The molecular weight excluding hydrogens is 360 g/mol. The first kappa shape index (κ1) is 18.9. The van der Waals surface area contributed by atoms with E-state index in [2.05, 4.69) is 10.3 Å². The fraction of sp³-hybridized carbons (Fsp3) is 0.238. The number of amides is 1. The molecule has 0 aliphatic rings. The van der Waals surface area contributed by atoms with Gasteiger partial charge < -0.3 is 14.8 Å². The molecule has 1 amide bonds. The molecule has 1 heterocycles. The van der Waals surface area contributed by atoms with Crippen LogP contribution >= 0.6 is 11.3 Å². The maximum atomic E-state index is 12.6. The number of carbonyl (C=O) groups excluding carboxylic acids is 1. The maximum absolute atomic E-state index is 12.6. The van der Waals surface area contributed by atoms with E-state index < -0.39 is 0 Å². The highest BCUT2D eigenvalue weighted by atomic mass is 32.1. The van der Waals surface area contributed by atoms with Gasteiger partial charge in [-0.1, -0.05) is 18.2 Å². The zero-order valence-corrected chi connectivity index (χ0v) is 16.2. The Morgan fingerprint density at radius 3 is 2.67 bits per heavy atom. The van der Waals surface area contributed by atoms with E-state index in [0.29, 0.717) is 24.5 Å². The van der Waals surface area contributed by atoms with Crippen molar-refractivity contribution in [2.24, 2.45) is 0 Å². The van der Waals surface area contributed by atoms with Gasteiger partial charge in [0, 0.05) is 10.9 Å². The normalized spacial score (nSPS) is 11.6. The number of aromatic nitrogens is 1. The third-order valence-electron chi connectivity index (χ3n) is 4.01. The van der Waals surface area contributed by atoms with Gasteiger partial charge in [0.15, 0.2) is 0 Å². The quantitative estimate of drug-likeness (QED) is 0.618. The van der Waals surface area contributed by atoms with Crippen LogP contribution in [-0.4, -0.2) is 17.5 Å². The van der Waals surface area contributed by atoms with Crippen LogP contribution in [0.3, 0.4) is 0 Å². The maximum Gasteiger partial charge on any atom is 0.251 e. The average Bonchev–Trinajstić information content (AvgIpc) is 3.21. The molecule has 0 saturated heterocycles. The number of rotatable bonds is 8. The molecule has 3 aromatic rings. The number of nitrogens with zero attached hydrogens (tertiary/aromatic N) is 1. The largest absolute Gasteiger partial charge is 0.494 e. The smallest absolute Gasteiger partial charge is 0.251 e. The van der Waals surface area contributed by atoms with Gasteiger partial charge >= 0.3 is 0 Å².